The van der Waals surface area contributed by atoms with Crippen molar-refractivity contribution in [1.82, 2.24) is 0 Å². The maximum absolute atomic E-state index is 13.1. The van der Waals surface area contributed by atoms with E-state index in [9.17, 15) is 9.18 Å². The van der Waals surface area contributed by atoms with Crippen LogP contribution in [0.25, 0.3) is 0 Å². The van der Waals surface area contributed by atoms with Crippen molar-refractivity contribution >= 4 is 17.4 Å². The van der Waals surface area contributed by atoms with Crippen LogP contribution < -0.4 is 0 Å². The first-order valence-electron chi connectivity index (χ1n) is 4.14. The van der Waals surface area contributed by atoms with Crippen LogP contribution in [-0.2, 0) is 0 Å². The second-order valence-corrected chi connectivity index (χ2v) is 3.18. The van der Waals surface area contributed by atoms with Gasteiger partial charge in [0, 0.05) is 6.42 Å². The maximum atomic E-state index is 13.1. The van der Waals surface area contributed by atoms with Crippen LogP contribution in [0.4, 0.5) is 4.39 Å². The molecule has 1 aromatic rings. The molecule has 0 spiro atoms. The molecule has 0 aliphatic heterocycles. The summed E-state index contributed by atoms with van der Waals surface area (Å²) in [6.07, 6.45) is 1.03. The average molecular weight is 201 g/mol. The van der Waals surface area contributed by atoms with Crippen LogP contribution in [0.3, 0.4) is 0 Å². The molecular formula is C10H10ClFO. The lowest BCUT2D eigenvalue weighted by atomic mass is 10.1. The Morgan fingerprint density at radius 3 is 2.77 bits per heavy atom. The molecule has 3 heteroatoms. The zero-order valence-electron chi connectivity index (χ0n) is 7.31. The van der Waals surface area contributed by atoms with Crippen molar-refractivity contribution in [2.45, 2.75) is 19.8 Å². The highest BCUT2D eigenvalue weighted by Crippen LogP contribution is 2.20. The molecule has 0 amide bonds. The smallest absolute Gasteiger partial charge is 0.167 e. The summed E-state index contributed by atoms with van der Waals surface area (Å²) >= 11 is 5.70. The molecule has 13 heavy (non-hydrogen) atoms. The molecule has 1 aromatic carbocycles. The van der Waals surface area contributed by atoms with Gasteiger partial charge in [-0.25, -0.2) is 4.39 Å². The van der Waals surface area contributed by atoms with Gasteiger partial charge in [0.15, 0.2) is 5.78 Å². The molecular weight excluding hydrogens is 191 g/mol. The number of Topliss-reactive ketones (excluding diaryl/α,β-unsaturated/α-hetero) is 1. The van der Waals surface area contributed by atoms with E-state index < -0.39 is 5.82 Å². The van der Waals surface area contributed by atoms with E-state index in [1.54, 1.807) is 0 Å². The van der Waals surface area contributed by atoms with E-state index in [2.05, 4.69) is 0 Å². The monoisotopic (exact) mass is 200 g/mol. The van der Waals surface area contributed by atoms with Crippen molar-refractivity contribution in [3.05, 3.63) is 34.6 Å². The van der Waals surface area contributed by atoms with Crippen LogP contribution in [-0.4, -0.2) is 5.78 Å². The molecule has 0 saturated carbocycles. The number of hydrogen-bond acceptors (Lipinski definition) is 1. The summed E-state index contributed by atoms with van der Waals surface area (Å²) in [4.78, 5) is 11.4. The number of ketones is 1. The van der Waals surface area contributed by atoms with Gasteiger partial charge in [0.1, 0.15) is 5.82 Å². The molecule has 1 nitrogen and oxygen atoms in total. The molecule has 0 aromatic heterocycles. The van der Waals surface area contributed by atoms with Gasteiger partial charge in [-0.2, -0.15) is 0 Å². The van der Waals surface area contributed by atoms with E-state index in [0.29, 0.717) is 12.8 Å². The predicted octanol–water partition coefficient (Wildman–Crippen LogP) is 3.46. The van der Waals surface area contributed by atoms with Crippen LogP contribution in [0.2, 0.25) is 5.02 Å². The largest absolute Gasteiger partial charge is 0.294 e. The highest BCUT2D eigenvalue weighted by Gasteiger charge is 2.13. The van der Waals surface area contributed by atoms with Crippen LogP contribution in [0.5, 0.6) is 0 Å². The second-order valence-electron chi connectivity index (χ2n) is 2.77. The standard InChI is InChI=1S/C10H10ClFO/c1-2-4-9(13)10-7(11)5-3-6-8(10)12/h3,5-6H,2,4H2,1H3. The fraction of sp³-hybridized carbons (Fsp3) is 0.300. The first kappa shape index (κ1) is 10.2. The molecule has 0 aliphatic carbocycles. The van der Waals surface area contributed by atoms with Crippen LogP contribution in [0.1, 0.15) is 30.1 Å². The summed E-state index contributed by atoms with van der Waals surface area (Å²) in [6, 6.07) is 4.25. The Morgan fingerprint density at radius 2 is 2.23 bits per heavy atom. The lowest BCUT2D eigenvalue weighted by Gasteiger charge is -2.02. The van der Waals surface area contributed by atoms with Crippen molar-refractivity contribution in [3.63, 3.8) is 0 Å². The normalized spacial score (nSPS) is 10.1. The highest BCUT2D eigenvalue weighted by molar-refractivity contribution is 6.34. The van der Waals surface area contributed by atoms with Crippen molar-refractivity contribution in [2.24, 2.45) is 0 Å². The summed E-state index contributed by atoms with van der Waals surface area (Å²) < 4.78 is 13.1. The lowest BCUT2D eigenvalue weighted by molar-refractivity contribution is 0.0978. The first-order valence-corrected chi connectivity index (χ1v) is 4.51. The minimum atomic E-state index is -0.536. The summed E-state index contributed by atoms with van der Waals surface area (Å²) in [5.41, 5.74) is 0.0195. The summed E-state index contributed by atoms with van der Waals surface area (Å²) in [5.74, 6) is -0.767. The third-order valence-electron chi connectivity index (χ3n) is 1.72. The third kappa shape index (κ3) is 2.28. The molecule has 0 N–H and O–H groups in total. The zero-order valence-corrected chi connectivity index (χ0v) is 8.07. The molecule has 1 rings (SSSR count). The van der Waals surface area contributed by atoms with Gasteiger partial charge in [0.25, 0.3) is 0 Å². The highest BCUT2D eigenvalue weighted by atomic mass is 35.5. The molecule has 0 atom stereocenters. The Balaban J connectivity index is 3.05. The number of carbonyl (C=O) groups is 1. The summed E-state index contributed by atoms with van der Waals surface area (Å²) in [7, 11) is 0. The Kier molecular flexibility index (Phi) is 3.43. The summed E-state index contributed by atoms with van der Waals surface area (Å²) in [5, 5.41) is 0.193. The quantitative estimate of drug-likeness (QED) is 0.683. The van der Waals surface area contributed by atoms with Crippen LogP contribution >= 0.6 is 11.6 Å². The van der Waals surface area contributed by atoms with Crippen molar-refractivity contribution in [1.29, 1.82) is 0 Å². The fourth-order valence-corrected chi connectivity index (χ4v) is 1.38. The Bertz CT molecular complexity index is 302. The lowest BCUT2D eigenvalue weighted by Crippen LogP contribution is -2.02. The number of carbonyl (C=O) groups excluding carboxylic acids is 1. The SMILES string of the molecule is CCCC(=O)c1c(F)cccc1Cl. The van der Waals surface area contributed by atoms with Gasteiger partial charge in [-0.05, 0) is 18.6 Å². The Labute approximate surface area is 81.5 Å². The Morgan fingerprint density at radius 1 is 1.54 bits per heavy atom. The number of hydrogen-bond donors (Lipinski definition) is 0. The van der Waals surface area contributed by atoms with Gasteiger partial charge in [-0.3, -0.25) is 4.79 Å². The topological polar surface area (TPSA) is 17.1 Å². The van der Waals surface area contributed by atoms with Crippen LogP contribution in [0, 0.1) is 5.82 Å². The van der Waals surface area contributed by atoms with Gasteiger partial charge >= 0.3 is 0 Å². The van der Waals surface area contributed by atoms with Crippen molar-refractivity contribution in [2.75, 3.05) is 0 Å². The third-order valence-corrected chi connectivity index (χ3v) is 2.03. The predicted molar refractivity (Wildman–Crippen MR) is 50.6 cm³/mol. The zero-order chi connectivity index (χ0) is 9.84. The van der Waals surface area contributed by atoms with Crippen molar-refractivity contribution in [3.8, 4) is 0 Å². The Hall–Kier alpha value is -0.890. The first-order chi connectivity index (χ1) is 6.16. The molecule has 0 heterocycles. The number of benzene rings is 1. The van der Waals surface area contributed by atoms with Gasteiger partial charge in [0.05, 0.1) is 10.6 Å². The van der Waals surface area contributed by atoms with E-state index in [4.69, 9.17) is 11.6 Å². The molecule has 0 aliphatic rings. The number of rotatable bonds is 3. The van der Waals surface area contributed by atoms with E-state index >= 15 is 0 Å². The second kappa shape index (κ2) is 4.38. The summed E-state index contributed by atoms with van der Waals surface area (Å²) in [6.45, 7) is 1.87. The molecule has 0 radical (unpaired) electrons. The van der Waals surface area contributed by atoms with E-state index in [1.165, 1.54) is 18.2 Å². The minimum Gasteiger partial charge on any atom is -0.294 e. The molecule has 0 fully saturated rings. The van der Waals surface area contributed by atoms with Gasteiger partial charge in [-0.1, -0.05) is 24.6 Å². The fourth-order valence-electron chi connectivity index (χ4n) is 1.12. The number of halogens is 2. The van der Waals surface area contributed by atoms with Gasteiger partial charge in [0.2, 0.25) is 0 Å². The average Bonchev–Trinajstić information content (AvgIpc) is 2.04. The molecule has 70 valence electrons. The van der Waals surface area contributed by atoms with Crippen molar-refractivity contribution < 1.29 is 9.18 Å². The molecule has 0 unspecified atom stereocenters. The van der Waals surface area contributed by atoms with Gasteiger partial charge < -0.3 is 0 Å². The van der Waals surface area contributed by atoms with Crippen LogP contribution in [0.15, 0.2) is 18.2 Å². The maximum Gasteiger partial charge on any atom is 0.167 e. The molecule has 0 saturated heterocycles. The van der Waals surface area contributed by atoms with Gasteiger partial charge in [-0.15, -0.1) is 0 Å². The van der Waals surface area contributed by atoms with E-state index in [-0.39, 0.29) is 16.4 Å². The molecule has 0 bridgehead atoms. The van der Waals surface area contributed by atoms with E-state index in [1.807, 2.05) is 6.92 Å². The van der Waals surface area contributed by atoms with E-state index in [0.717, 1.165) is 0 Å². The minimum absolute atomic E-state index is 0.0195.